The second kappa shape index (κ2) is 9.11. The number of piperidine rings is 1. The molecule has 1 aromatic heterocycles. The van der Waals surface area contributed by atoms with Crippen LogP contribution in [0.15, 0.2) is 11.0 Å². The van der Waals surface area contributed by atoms with E-state index in [0.29, 0.717) is 13.1 Å². The van der Waals surface area contributed by atoms with Gasteiger partial charge in [0.05, 0.1) is 5.56 Å². The van der Waals surface area contributed by atoms with Gasteiger partial charge < -0.3 is 25.0 Å². The fourth-order valence-corrected chi connectivity index (χ4v) is 4.13. The van der Waals surface area contributed by atoms with Gasteiger partial charge in [-0.15, -0.1) is 0 Å². The van der Waals surface area contributed by atoms with Crippen LogP contribution in [0.3, 0.4) is 0 Å². The molecule has 0 aromatic carbocycles. The molecule has 158 valence electrons. The predicted octanol–water partition coefficient (Wildman–Crippen LogP) is 1.50. The normalized spacial score (nSPS) is 17.7. The van der Waals surface area contributed by atoms with E-state index in [-0.39, 0.29) is 11.6 Å². The number of aliphatic carboxylic acids is 1. The van der Waals surface area contributed by atoms with Crippen LogP contribution < -0.4 is 10.9 Å². The van der Waals surface area contributed by atoms with E-state index in [1.807, 2.05) is 0 Å². The van der Waals surface area contributed by atoms with Crippen LogP contribution in [0.25, 0.3) is 0 Å². The van der Waals surface area contributed by atoms with E-state index in [2.05, 4.69) is 5.32 Å². The van der Waals surface area contributed by atoms with E-state index in [9.17, 15) is 24.3 Å². The van der Waals surface area contributed by atoms with Crippen LogP contribution in [-0.2, 0) is 4.79 Å². The summed E-state index contributed by atoms with van der Waals surface area (Å²) in [4.78, 5) is 50.9. The molecule has 3 N–H and O–H groups in total. The van der Waals surface area contributed by atoms with Crippen LogP contribution in [0, 0.1) is 0 Å². The molecule has 0 atom stereocenters. The Morgan fingerprint density at radius 3 is 2.28 bits per heavy atom. The van der Waals surface area contributed by atoms with Gasteiger partial charge >= 0.3 is 5.97 Å². The molecule has 3 rings (SSSR count). The van der Waals surface area contributed by atoms with E-state index in [4.69, 9.17) is 5.11 Å². The Morgan fingerprint density at radius 1 is 1.03 bits per heavy atom. The first-order valence-electron chi connectivity index (χ1n) is 10.2. The molecule has 1 saturated carbocycles. The lowest BCUT2D eigenvalue weighted by atomic mass is 9.94. The summed E-state index contributed by atoms with van der Waals surface area (Å²) in [7, 11) is 0. The lowest BCUT2D eigenvalue weighted by Gasteiger charge is -2.29. The van der Waals surface area contributed by atoms with E-state index in [0.717, 1.165) is 51.4 Å². The van der Waals surface area contributed by atoms with Crippen molar-refractivity contribution in [3.05, 3.63) is 27.7 Å². The molecule has 2 amide bonds. The zero-order chi connectivity index (χ0) is 21.0. The number of carbonyl (C=O) groups excluding carboxylic acids is 2. The van der Waals surface area contributed by atoms with Gasteiger partial charge in [0.2, 0.25) is 0 Å². The second-order valence-electron chi connectivity index (χ2n) is 7.70. The highest BCUT2D eigenvalue weighted by Gasteiger charge is 2.30. The summed E-state index contributed by atoms with van der Waals surface area (Å²) in [5.41, 5.74) is -1.36. The number of carboxylic acids is 1. The smallest absolute Gasteiger partial charge is 0.322 e. The highest BCUT2D eigenvalue weighted by atomic mass is 16.4. The highest BCUT2D eigenvalue weighted by Crippen LogP contribution is 2.30. The van der Waals surface area contributed by atoms with Crippen molar-refractivity contribution in [1.29, 1.82) is 0 Å². The number of carbonyl (C=O) groups is 3. The van der Waals surface area contributed by atoms with E-state index >= 15 is 0 Å². The average molecular weight is 405 g/mol. The molecular weight excluding hydrogens is 378 g/mol. The molecule has 2 aliphatic rings. The maximum absolute atomic E-state index is 13.0. The molecule has 1 aliphatic heterocycles. The number of pyridine rings is 1. The van der Waals surface area contributed by atoms with E-state index in [1.54, 1.807) is 4.90 Å². The van der Waals surface area contributed by atoms with Gasteiger partial charge in [0.1, 0.15) is 17.9 Å². The zero-order valence-corrected chi connectivity index (χ0v) is 16.4. The van der Waals surface area contributed by atoms with Gasteiger partial charge in [0.25, 0.3) is 17.4 Å². The quantitative estimate of drug-likeness (QED) is 0.681. The number of aromatic nitrogens is 1. The number of aromatic hydroxyl groups is 1. The minimum atomic E-state index is -1.27. The van der Waals surface area contributed by atoms with Crippen molar-refractivity contribution in [2.75, 3.05) is 19.6 Å². The Morgan fingerprint density at radius 2 is 1.66 bits per heavy atom. The van der Waals surface area contributed by atoms with Crippen molar-refractivity contribution in [3.8, 4) is 5.75 Å². The molecular formula is C20H27N3O6. The fraction of sp³-hybridized carbons (Fsp3) is 0.600. The summed E-state index contributed by atoms with van der Waals surface area (Å²) in [6, 6.07) is -0.157. The largest absolute Gasteiger partial charge is 0.506 e. The summed E-state index contributed by atoms with van der Waals surface area (Å²) in [6.07, 6.45) is 8.56. The summed E-state index contributed by atoms with van der Waals surface area (Å²) in [6.45, 7) is 0.425. The number of hydrogen-bond donors (Lipinski definition) is 3. The maximum atomic E-state index is 13.0. The Bertz CT molecular complexity index is 851. The van der Waals surface area contributed by atoms with Gasteiger partial charge in [-0.1, -0.05) is 19.3 Å². The Kier molecular flexibility index (Phi) is 6.56. The summed E-state index contributed by atoms with van der Waals surface area (Å²) >= 11 is 0. The lowest BCUT2D eigenvalue weighted by Crippen LogP contribution is -2.40. The number of hydrogen-bond acceptors (Lipinski definition) is 5. The molecule has 2 fully saturated rings. The molecule has 1 aromatic rings. The van der Waals surface area contributed by atoms with Crippen molar-refractivity contribution in [3.63, 3.8) is 0 Å². The van der Waals surface area contributed by atoms with Crippen molar-refractivity contribution >= 4 is 17.8 Å². The number of likely N-dealkylation sites (tertiary alicyclic amines) is 1. The minimum Gasteiger partial charge on any atom is -0.506 e. The number of amides is 2. The van der Waals surface area contributed by atoms with Crippen LogP contribution in [-0.4, -0.2) is 57.1 Å². The molecule has 9 nitrogen and oxygen atoms in total. The topological polar surface area (TPSA) is 129 Å². The number of carboxylic acid groups (broad SMARTS) is 1. The lowest BCUT2D eigenvalue weighted by molar-refractivity contribution is -0.135. The molecule has 0 radical (unpaired) electrons. The molecule has 1 saturated heterocycles. The highest BCUT2D eigenvalue weighted by molar-refractivity contribution is 6.04. The molecule has 0 bridgehead atoms. The van der Waals surface area contributed by atoms with Crippen molar-refractivity contribution < 1.29 is 24.6 Å². The zero-order valence-electron chi connectivity index (χ0n) is 16.4. The Hall–Kier alpha value is -2.84. The Balaban J connectivity index is 2.05. The van der Waals surface area contributed by atoms with Gasteiger partial charge in [-0.05, 0) is 32.1 Å². The first-order chi connectivity index (χ1) is 13.9. The fourth-order valence-electron chi connectivity index (χ4n) is 4.13. The monoisotopic (exact) mass is 405 g/mol. The third-order valence-corrected chi connectivity index (χ3v) is 5.68. The van der Waals surface area contributed by atoms with Gasteiger partial charge in [-0.25, -0.2) is 0 Å². The number of rotatable bonds is 5. The molecule has 29 heavy (non-hydrogen) atoms. The standard InChI is InChI=1S/C20H27N3O6/c24-15(25)11-21-18(27)16-17(26)14(19(28)22-9-5-2-6-10-22)12-23(20(16)29)13-7-3-1-4-8-13/h12-13,26H,1-11H2,(H,21,27)(H,24,25). The number of nitrogens with zero attached hydrogens (tertiary/aromatic N) is 2. The van der Waals surface area contributed by atoms with Gasteiger partial charge in [0.15, 0.2) is 0 Å². The van der Waals surface area contributed by atoms with Gasteiger partial charge in [-0.2, -0.15) is 0 Å². The molecule has 1 aliphatic carbocycles. The van der Waals surface area contributed by atoms with Crippen LogP contribution in [0.5, 0.6) is 5.75 Å². The molecule has 9 heteroatoms. The predicted molar refractivity (Wildman–Crippen MR) is 104 cm³/mol. The van der Waals surface area contributed by atoms with Crippen molar-refractivity contribution in [2.45, 2.75) is 57.4 Å². The minimum absolute atomic E-state index is 0.0856. The number of nitrogens with one attached hydrogen (secondary N) is 1. The maximum Gasteiger partial charge on any atom is 0.322 e. The van der Waals surface area contributed by atoms with E-state index in [1.165, 1.54) is 10.8 Å². The molecule has 0 unspecified atom stereocenters. The van der Waals surface area contributed by atoms with Gasteiger partial charge in [0, 0.05) is 25.3 Å². The van der Waals surface area contributed by atoms with Gasteiger partial charge in [-0.3, -0.25) is 19.2 Å². The molecule has 0 spiro atoms. The van der Waals surface area contributed by atoms with E-state index < -0.39 is 41.2 Å². The third-order valence-electron chi connectivity index (χ3n) is 5.68. The SMILES string of the molecule is O=C(O)CNC(=O)c1c(O)c(C(=O)N2CCCCC2)cn(C2CCCCC2)c1=O. The van der Waals surface area contributed by atoms with Crippen LogP contribution in [0.2, 0.25) is 0 Å². The second-order valence-corrected chi connectivity index (χ2v) is 7.70. The summed E-state index contributed by atoms with van der Waals surface area (Å²) in [5.74, 6) is -3.36. The third kappa shape index (κ3) is 4.60. The molecule has 2 heterocycles. The van der Waals surface area contributed by atoms with Crippen LogP contribution >= 0.6 is 0 Å². The first kappa shape index (κ1) is 20.9. The van der Waals surface area contributed by atoms with Crippen LogP contribution in [0.4, 0.5) is 0 Å². The first-order valence-corrected chi connectivity index (χ1v) is 10.2. The van der Waals surface area contributed by atoms with Crippen LogP contribution in [0.1, 0.15) is 78.1 Å². The average Bonchev–Trinajstić information content (AvgIpc) is 2.73. The Labute approximate surface area is 168 Å². The van der Waals surface area contributed by atoms with Crippen molar-refractivity contribution in [2.24, 2.45) is 0 Å². The summed E-state index contributed by atoms with van der Waals surface area (Å²) < 4.78 is 1.38. The van der Waals surface area contributed by atoms with Crippen molar-refractivity contribution in [1.82, 2.24) is 14.8 Å². The summed E-state index contributed by atoms with van der Waals surface area (Å²) in [5, 5.41) is 21.6.